The van der Waals surface area contributed by atoms with Crippen molar-refractivity contribution >= 4 is 18.4 Å². The summed E-state index contributed by atoms with van der Waals surface area (Å²) in [5.74, 6) is 1.51. The smallest absolute Gasteiger partial charge is 0.249 e. The zero-order chi connectivity index (χ0) is 17.9. The molecule has 1 atom stereocenters. The van der Waals surface area contributed by atoms with Crippen LogP contribution in [0.15, 0.2) is 4.52 Å². The molecule has 1 aliphatic heterocycles. The first-order valence-corrected chi connectivity index (χ1v) is 10.2. The molecular formula is C19H36ClN5O. The van der Waals surface area contributed by atoms with Gasteiger partial charge in [0.2, 0.25) is 5.89 Å². The molecule has 150 valence electrons. The lowest BCUT2D eigenvalue weighted by atomic mass is 10.1. The molecular weight excluding hydrogens is 350 g/mol. The summed E-state index contributed by atoms with van der Waals surface area (Å²) >= 11 is 0. The number of nitrogens with one attached hydrogen (secondary N) is 1. The van der Waals surface area contributed by atoms with Crippen molar-refractivity contribution in [3.63, 3.8) is 0 Å². The molecule has 0 aliphatic carbocycles. The van der Waals surface area contributed by atoms with E-state index in [0.717, 1.165) is 38.1 Å². The molecule has 26 heavy (non-hydrogen) atoms. The minimum absolute atomic E-state index is 0. The molecule has 1 aromatic rings. The van der Waals surface area contributed by atoms with Crippen molar-refractivity contribution in [3.8, 4) is 0 Å². The molecule has 3 N–H and O–H groups in total. The van der Waals surface area contributed by atoms with Crippen molar-refractivity contribution in [3.05, 3.63) is 11.7 Å². The highest BCUT2D eigenvalue weighted by atomic mass is 35.5. The Kier molecular flexibility index (Phi) is 11.3. The Balaban J connectivity index is 0.00000338. The Morgan fingerprint density at radius 2 is 1.73 bits per heavy atom. The van der Waals surface area contributed by atoms with E-state index in [4.69, 9.17) is 15.7 Å². The van der Waals surface area contributed by atoms with Gasteiger partial charge in [-0.25, -0.2) is 0 Å². The van der Waals surface area contributed by atoms with E-state index in [1.54, 1.807) is 0 Å². The second-order valence-corrected chi connectivity index (χ2v) is 7.22. The van der Waals surface area contributed by atoms with Crippen molar-refractivity contribution in [1.29, 1.82) is 5.41 Å². The Morgan fingerprint density at radius 3 is 2.35 bits per heavy atom. The minimum atomic E-state index is -0.00791. The lowest BCUT2D eigenvalue weighted by Crippen LogP contribution is -2.35. The quantitative estimate of drug-likeness (QED) is 0.300. The number of likely N-dealkylation sites (tertiary alicyclic amines) is 1. The van der Waals surface area contributed by atoms with Crippen molar-refractivity contribution < 1.29 is 4.52 Å². The topological polar surface area (TPSA) is 92.0 Å². The van der Waals surface area contributed by atoms with Gasteiger partial charge in [-0.3, -0.25) is 5.41 Å². The van der Waals surface area contributed by atoms with Gasteiger partial charge < -0.3 is 15.2 Å². The van der Waals surface area contributed by atoms with Crippen molar-refractivity contribution in [2.45, 2.75) is 96.4 Å². The number of aromatic nitrogens is 2. The van der Waals surface area contributed by atoms with Crippen LogP contribution in [-0.2, 0) is 6.42 Å². The number of aryl methyl sites for hydroxylation is 1. The average molecular weight is 386 g/mol. The summed E-state index contributed by atoms with van der Waals surface area (Å²) in [5.41, 5.74) is 5.62. The SMILES string of the molecule is CCCCCCCCCCCCc1noc(C2CCCN2C(=N)N)n1.Cl. The van der Waals surface area contributed by atoms with Crippen molar-refractivity contribution in [2.24, 2.45) is 5.73 Å². The van der Waals surface area contributed by atoms with Crippen LogP contribution in [0.4, 0.5) is 0 Å². The lowest BCUT2D eigenvalue weighted by molar-refractivity contribution is 0.282. The normalized spacial score (nSPS) is 16.7. The van der Waals surface area contributed by atoms with E-state index < -0.39 is 0 Å². The van der Waals surface area contributed by atoms with Gasteiger partial charge in [-0.1, -0.05) is 69.9 Å². The Bertz CT molecular complexity index is 508. The molecule has 2 heterocycles. The summed E-state index contributed by atoms with van der Waals surface area (Å²) in [5, 5.41) is 11.7. The Labute approximate surface area is 164 Å². The number of hydrogen-bond donors (Lipinski definition) is 2. The number of hydrogen-bond acceptors (Lipinski definition) is 4. The van der Waals surface area contributed by atoms with Gasteiger partial charge in [-0.05, 0) is 19.3 Å². The van der Waals surface area contributed by atoms with E-state index >= 15 is 0 Å². The predicted molar refractivity (Wildman–Crippen MR) is 108 cm³/mol. The highest BCUT2D eigenvalue weighted by Gasteiger charge is 2.31. The van der Waals surface area contributed by atoms with E-state index in [-0.39, 0.29) is 24.4 Å². The summed E-state index contributed by atoms with van der Waals surface area (Å²) in [6.45, 7) is 3.07. The second kappa shape index (κ2) is 13.0. The van der Waals surface area contributed by atoms with Gasteiger partial charge in [0.05, 0.1) is 0 Å². The fraction of sp³-hybridized carbons (Fsp3) is 0.842. The van der Waals surface area contributed by atoms with Crippen LogP contribution in [0.2, 0.25) is 0 Å². The number of unbranched alkanes of at least 4 members (excludes halogenated alkanes) is 9. The Hall–Kier alpha value is -1.30. The highest BCUT2D eigenvalue weighted by molar-refractivity contribution is 5.85. The van der Waals surface area contributed by atoms with Gasteiger partial charge in [0.15, 0.2) is 11.8 Å². The third-order valence-electron chi connectivity index (χ3n) is 5.09. The fourth-order valence-electron chi connectivity index (χ4n) is 3.59. The van der Waals surface area contributed by atoms with Crippen LogP contribution in [0.3, 0.4) is 0 Å². The fourth-order valence-corrected chi connectivity index (χ4v) is 3.59. The molecule has 0 amide bonds. The van der Waals surface area contributed by atoms with Crippen LogP contribution in [0.25, 0.3) is 0 Å². The molecule has 2 rings (SSSR count). The number of nitrogens with zero attached hydrogens (tertiary/aromatic N) is 3. The largest absolute Gasteiger partial charge is 0.370 e. The van der Waals surface area contributed by atoms with E-state index in [9.17, 15) is 0 Å². The first kappa shape index (κ1) is 22.7. The maximum absolute atomic E-state index is 7.63. The molecule has 7 heteroatoms. The first-order chi connectivity index (χ1) is 12.2. The van der Waals surface area contributed by atoms with Gasteiger partial charge in [0.1, 0.15) is 6.04 Å². The molecule has 1 fully saturated rings. The van der Waals surface area contributed by atoms with Gasteiger partial charge in [0, 0.05) is 13.0 Å². The number of guanidine groups is 1. The third-order valence-corrected chi connectivity index (χ3v) is 5.09. The molecule has 1 unspecified atom stereocenters. The molecule has 1 aromatic heterocycles. The molecule has 1 aliphatic rings. The highest BCUT2D eigenvalue weighted by Crippen LogP contribution is 2.30. The summed E-state index contributed by atoms with van der Waals surface area (Å²) in [6.07, 6.45) is 16.1. The average Bonchev–Trinajstić information content (AvgIpc) is 3.25. The van der Waals surface area contributed by atoms with Crippen LogP contribution >= 0.6 is 12.4 Å². The minimum Gasteiger partial charge on any atom is -0.370 e. The Morgan fingerprint density at radius 1 is 1.12 bits per heavy atom. The van der Waals surface area contributed by atoms with Gasteiger partial charge in [0.25, 0.3) is 0 Å². The maximum atomic E-state index is 7.63. The van der Waals surface area contributed by atoms with Gasteiger partial charge >= 0.3 is 0 Å². The molecule has 0 aromatic carbocycles. The molecule has 0 saturated carbocycles. The summed E-state index contributed by atoms with van der Waals surface area (Å²) < 4.78 is 5.42. The molecule has 6 nitrogen and oxygen atoms in total. The number of nitrogens with two attached hydrogens (primary N) is 1. The molecule has 1 saturated heterocycles. The van der Waals surface area contributed by atoms with Crippen molar-refractivity contribution in [1.82, 2.24) is 15.0 Å². The molecule has 0 spiro atoms. The summed E-state index contributed by atoms with van der Waals surface area (Å²) in [4.78, 5) is 6.37. The second-order valence-electron chi connectivity index (χ2n) is 7.22. The van der Waals surface area contributed by atoms with Crippen molar-refractivity contribution in [2.75, 3.05) is 6.54 Å². The standard InChI is InChI=1S/C19H35N5O.ClH/c1-2-3-4-5-6-7-8-9-10-11-14-17-22-18(25-23-17)16-13-12-15-24(16)19(20)21;/h16H,2-15H2,1H3,(H3,20,21);1H. The maximum Gasteiger partial charge on any atom is 0.249 e. The zero-order valence-corrected chi connectivity index (χ0v) is 17.0. The van der Waals surface area contributed by atoms with E-state index in [2.05, 4.69) is 17.1 Å². The monoisotopic (exact) mass is 385 g/mol. The summed E-state index contributed by atoms with van der Waals surface area (Å²) in [7, 11) is 0. The van der Waals surface area contributed by atoms with E-state index in [1.165, 1.54) is 57.8 Å². The van der Waals surface area contributed by atoms with Crippen LogP contribution in [-0.4, -0.2) is 27.5 Å². The van der Waals surface area contributed by atoms with E-state index in [0.29, 0.717) is 5.89 Å². The predicted octanol–water partition coefficient (Wildman–Crippen LogP) is 4.99. The van der Waals surface area contributed by atoms with Crippen LogP contribution in [0.5, 0.6) is 0 Å². The number of halogens is 1. The molecule has 0 bridgehead atoms. The van der Waals surface area contributed by atoms with E-state index in [1.807, 2.05) is 4.90 Å². The van der Waals surface area contributed by atoms with Gasteiger partial charge in [-0.15, -0.1) is 12.4 Å². The van der Waals surface area contributed by atoms with Crippen LogP contribution in [0.1, 0.15) is 102 Å². The first-order valence-electron chi connectivity index (χ1n) is 10.2. The van der Waals surface area contributed by atoms with Gasteiger partial charge in [-0.2, -0.15) is 4.98 Å². The van der Waals surface area contributed by atoms with Crippen LogP contribution < -0.4 is 5.73 Å². The number of rotatable bonds is 12. The van der Waals surface area contributed by atoms with Crippen LogP contribution in [0, 0.1) is 5.41 Å². The summed E-state index contributed by atoms with van der Waals surface area (Å²) in [6, 6.07) is -0.00791. The lowest BCUT2D eigenvalue weighted by Gasteiger charge is -2.21. The molecule has 0 radical (unpaired) electrons. The third kappa shape index (κ3) is 7.52. The zero-order valence-electron chi connectivity index (χ0n) is 16.2.